The van der Waals surface area contributed by atoms with Crippen LogP contribution in [0.15, 0.2) is 0 Å². The fourth-order valence-corrected chi connectivity index (χ4v) is 1.59. The Morgan fingerprint density at radius 2 is 1.91 bits per heavy atom. The van der Waals surface area contributed by atoms with Crippen LogP contribution in [0.1, 0.15) is 51.9 Å². The fraction of sp³-hybridized carbons (Fsp3) is 1.00. The summed E-state index contributed by atoms with van der Waals surface area (Å²) in [5.74, 6) is 0. The highest BCUT2D eigenvalue weighted by atomic mass is 15.0. The molecule has 1 nitrogen and oxygen atoms in total. The third kappa shape index (κ3) is 3.76. The molecule has 0 radical (unpaired) electrons. The summed E-state index contributed by atoms with van der Waals surface area (Å²) in [7, 11) is 0. The van der Waals surface area contributed by atoms with E-state index in [1.165, 1.54) is 51.5 Å². The normalized spacial score (nSPS) is 23.2. The second-order valence-corrected chi connectivity index (χ2v) is 3.64. The van der Waals surface area contributed by atoms with Crippen LogP contribution >= 0.6 is 0 Å². The first-order valence-corrected chi connectivity index (χ1v) is 5.17. The van der Waals surface area contributed by atoms with Gasteiger partial charge >= 0.3 is 0 Å². The van der Waals surface area contributed by atoms with Crippen LogP contribution in [0.3, 0.4) is 0 Å². The zero-order valence-corrected chi connectivity index (χ0v) is 7.73. The molecule has 0 aromatic carbocycles. The van der Waals surface area contributed by atoms with Crippen LogP contribution in [0, 0.1) is 0 Å². The molecule has 0 aromatic heterocycles. The molecule has 0 aromatic rings. The Hall–Kier alpha value is -0.0400. The monoisotopic (exact) mass is 155 g/mol. The van der Waals surface area contributed by atoms with Crippen molar-refractivity contribution in [1.29, 1.82) is 0 Å². The van der Waals surface area contributed by atoms with Gasteiger partial charge in [0.05, 0.1) is 0 Å². The Morgan fingerprint density at radius 1 is 1.18 bits per heavy atom. The summed E-state index contributed by atoms with van der Waals surface area (Å²) in [6, 6.07) is 0.886. The average Bonchev–Trinajstić information content (AvgIpc) is 1.93. The second-order valence-electron chi connectivity index (χ2n) is 3.64. The van der Waals surface area contributed by atoms with E-state index in [1.807, 2.05) is 0 Å². The lowest BCUT2D eigenvalue weighted by molar-refractivity contribution is 0.339. The van der Waals surface area contributed by atoms with Crippen molar-refractivity contribution in [3.63, 3.8) is 0 Å². The number of hydrogen-bond donors (Lipinski definition) is 1. The van der Waals surface area contributed by atoms with Gasteiger partial charge in [0.25, 0.3) is 0 Å². The summed E-state index contributed by atoms with van der Waals surface area (Å²) in [6.45, 7) is 3.53. The Labute approximate surface area is 70.6 Å². The smallest absolute Gasteiger partial charge is 0.00791 e. The topological polar surface area (TPSA) is 12.0 Å². The molecule has 11 heavy (non-hydrogen) atoms. The van der Waals surface area contributed by atoms with Crippen molar-refractivity contribution in [3.05, 3.63) is 0 Å². The zero-order valence-electron chi connectivity index (χ0n) is 7.73. The average molecular weight is 155 g/mol. The lowest BCUT2D eigenvalue weighted by Gasteiger charge is -2.27. The van der Waals surface area contributed by atoms with Crippen LogP contribution in [0.25, 0.3) is 0 Å². The Morgan fingerprint density at radius 3 is 2.45 bits per heavy atom. The molecule has 1 saturated heterocycles. The minimum absolute atomic E-state index is 0.886. The van der Waals surface area contributed by atoms with E-state index < -0.39 is 0 Å². The first-order chi connectivity index (χ1) is 5.43. The van der Waals surface area contributed by atoms with Crippen molar-refractivity contribution >= 4 is 0 Å². The molecule has 1 N–H and O–H groups in total. The number of unbranched alkanes of at least 4 members (excludes halogenated alkanes) is 4. The molecule has 1 aliphatic rings. The SMILES string of the molecule is CCCCCCC[C@@H]1CCN1. The zero-order chi connectivity index (χ0) is 7.94. The van der Waals surface area contributed by atoms with Gasteiger partial charge in [0.15, 0.2) is 0 Å². The number of hydrogen-bond acceptors (Lipinski definition) is 1. The highest BCUT2D eigenvalue weighted by Crippen LogP contribution is 2.12. The highest BCUT2D eigenvalue weighted by molar-refractivity contribution is 4.76. The van der Waals surface area contributed by atoms with Crippen molar-refractivity contribution in [2.45, 2.75) is 57.9 Å². The van der Waals surface area contributed by atoms with E-state index in [0.717, 1.165) is 6.04 Å². The fourth-order valence-electron chi connectivity index (χ4n) is 1.59. The summed E-state index contributed by atoms with van der Waals surface area (Å²) in [6.07, 6.45) is 9.98. The summed E-state index contributed by atoms with van der Waals surface area (Å²) in [5.41, 5.74) is 0. The maximum absolute atomic E-state index is 3.44. The van der Waals surface area contributed by atoms with E-state index >= 15 is 0 Å². The lowest BCUT2D eigenvalue weighted by atomic mass is 9.99. The van der Waals surface area contributed by atoms with Gasteiger partial charge in [0.2, 0.25) is 0 Å². The van der Waals surface area contributed by atoms with E-state index in [1.54, 1.807) is 0 Å². The molecule has 1 rings (SSSR count). The van der Waals surface area contributed by atoms with Crippen molar-refractivity contribution in [3.8, 4) is 0 Å². The Kier molecular flexibility index (Phi) is 4.60. The molecule has 0 bridgehead atoms. The summed E-state index contributed by atoms with van der Waals surface area (Å²) in [4.78, 5) is 0. The third-order valence-electron chi connectivity index (χ3n) is 2.58. The molecule has 0 saturated carbocycles. The summed E-state index contributed by atoms with van der Waals surface area (Å²) in [5, 5.41) is 3.44. The number of rotatable bonds is 6. The van der Waals surface area contributed by atoms with Gasteiger partial charge in [-0.15, -0.1) is 0 Å². The summed E-state index contributed by atoms with van der Waals surface area (Å²) < 4.78 is 0. The molecule has 0 amide bonds. The van der Waals surface area contributed by atoms with Crippen molar-refractivity contribution < 1.29 is 0 Å². The van der Waals surface area contributed by atoms with Crippen molar-refractivity contribution in [1.82, 2.24) is 5.32 Å². The van der Waals surface area contributed by atoms with E-state index in [-0.39, 0.29) is 0 Å². The van der Waals surface area contributed by atoms with Gasteiger partial charge in [0.1, 0.15) is 0 Å². The van der Waals surface area contributed by atoms with Crippen LogP contribution in [-0.2, 0) is 0 Å². The predicted octanol–water partition coefficient (Wildman–Crippen LogP) is 2.71. The van der Waals surface area contributed by atoms with Gasteiger partial charge in [-0.2, -0.15) is 0 Å². The molecule has 1 fully saturated rings. The van der Waals surface area contributed by atoms with Crippen LogP contribution in [0.5, 0.6) is 0 Å². The molecule has 0 spiro atoms. The predicted molar refractivity (Wildman–Crippen MR) is 49.8 cm³/mol. The van der Waals surface area contributed by atoms with Crippen LogP contribution < -0.4 is 5.32 Å². The molecule has 1 heterocycles. The van der Waals surface area contributed by atoms with Gasteiger partial charge < -0.3 is 5.32 Å². The minimum atomic E-state index is 0.886. The largest absolute Gasteiger partial charge is 0.314 e. The van der Waals surface area contributed by atoms with Crippen LogP contribution in [0.4, 0.5) is 0 Å². The molecule has 66 valence electrons. The Bertz CT molecular complexity index is 86.9. The molecule has 1 atom stereocenters. The van der Waals surface area contributed by atoms with Crippen LogP contribution in [0.2, 0.25) is 0 Å². The van der Waals surface area contributed by atoms with Crippen molar-refractivity contribution in [2.75, 3.05) is 6.54 Å². The van der Waals surface area contributed by atoms with Gasteiger partial charge in [-0.3, -0.25) is 0 Å². The number of nitrogens with one attached hydrogen (secondary N) is 1. The van der Waals surface area contributed by atoms with E-state index in [4.69, 9.17) is 0 Å². The first kappa shape index (κ1) is 9.05. The molecule has 1 aliphatic heterocycles. The van der Waals surface area contributed by atoms with E-state index in [0.29, 0.717) is 0 Å². The molecule has 0 unspecified atom stereocenters. The molecular weight excluding hydrogens is 134 g/mol. The van der Waals surface area contributed by atoms with E-state index in [9.17, 15) is 0 Å². The van der Waals surface area contributed by atoms with Gasteiger partial charge in [-0.25, -0.2) is 0 Å². The van der Waals surface area contributed by atoms with E-state index in [2.05, 4.69) is 12.2 Å². The Balaban J connectivity index is 1.73. The molecule has 0 aliphatic carbocycles. The molecular formula is C10H21N. The highest BCUT2D eigenvalue weighted by Gasteiger charge is 2.14. The lowest BCUT2D eigenvalue weighted by Crippen LogP contribution is -2.42. The third-order valence-corrected chi connectivity index (χ3v) is 2.58. The summed E-state index contributed by atoms with van der Waals surface area (Å²) >= 11 is 0. The van der Waals surface area contributed by atoms with Crippen molar-refractivity contribution in [2.24, 2.45) is 0 Å². The van der Waals surface area contributed by atoms with Crippen LogP contribution in [-0.4, -0.2) is 12.6 Å². The maximum atomic E-state index is 3.44. The van der Waals surface area contributed by atoms with Gasteiger partial charge in [0, 0.05) is 6.04 Å². The standard InChI is InChI=1S/C10H21N/c1-2-3-4-5-6-7-10-8-9-11-10/h10-11H,2-9H2,1H3/t10-/m1/s1. The second kappa shape index (κ2) is 5.59. The quantitative estimate of drug-likeness (QED) is 0.581. The maximum Gasteiger partial charge on any atom is 0.00791 e. The minimum Gasteiger partial charge on any atom is -0.314 e. The van der Waals surface area contributed by atoms with Gasteiger partial charge in [-0.05, 0) is 19.4 Å². The van der Waals surface area contributed by atoms with Gasteiger partial charge in [-0.1, -0.05) is 39.0 Å². The molecule has 1 heteroatoms. The first-order valence-electron chi connectivity index (χ1n) is 5.17.